The van der Waals surface area contributed by atoms with Crippen molar-refractivity contribution in [3.63, 3.8) is 0 Å². The van der Waals surface area contributed by atoms with E-state index >= 15 is 0 Å². The maximum atomic E-state index is 13.0. The minimum atomic E-state index is -0.250. The van der Waals surface area contributed by atoms with Crippen LogP contribution < -0.4 is 10.6 Å². The number of hydrogen-bond acceptors (Lipinski definition) is 3. The Kier molecular flexibility index (Phi) is 10.1. The number of guanidine groups is 1. The van der Waals surface area contributed by atoms with Crippen LogP contribution in [0.15, 0.2) is 41.5 Å². The van der Waals surface area contributed by atoms with Gasteiger partial charge in [-0.2, -0.15) is 5.10 Å². The molecule has 0 fully saturated rings. The summed E-state index contributed by atoms with van der Waals surface area (Å²) in [5, 5.41) is 11.0. The van der Waals surface area contributed by atoms with E-state index in [0.717, 1.165) is 49.9 Å². The predicted molar refractivity (Wildman–Crippen MR) is 108 cm³/mol. The Morgan fingerprint density at radius 2 is 1.92 bits per heavy atom. The average Bonchev–Trinajstić information content (AvgIpc) is 3.06. The molecule has 6 nitrogen and oxygen atoms in total. The summed E-state index contributed by atoms with van der Waals surface area (Å²) in [6, 6.07) is 8.22. The van der Waals surface area contributed by atoms with E-state index in [1.165, 1.54) is 12.1 Å². The number of nitrogens with one attached hydrogen (secondary N) is 2. The molecule has 0 aliphatic rings. The molecule has 0 saturated heterocycles. The highest BCUT2D eigenvalue weighted by molar-refractivity contribution is 14.0. The normalized spacial score (nSPS) is 11.1. The highest BCUT2D eigenvalue weighted by Crippen LogP contribution is 2.09. The SMILES string of the molecule is CN=C(NCCCOC)NCCc1ccn(-c2ccc(F)cc2)n1.I. The fraction of sp³-hybridized carbons (Fsp3) is 0.412. The van der Waals surface area contributed by atoms with E-state index in [4.69, 9.17) is 4.74 Å². The van der Waals surface area contributed by atoms with Crippen molar-refractivity contribution in [1.82, 2.24) is 20.4 Å². The summed E-state index contributed by atoms with van der Waals surface area (Å²) in [6.45, 7) is 2.27. The van der Waals surface area contributed by atoms with Crippen LogP contribution in [0.5, 0.6) is 0 Å². The monoisotopic (exact) mass is 461 g/mol. The molecule has 138 valence electrons. The van der Waals surface area contributed by atoms with Crippen LogP contribution in [0.25, 0.3) is 5.69 Å². The zero-order valence-electron chi connectivity index (χ0n) is 14.5. The minimum Gasteiger partial charge on any atom is -0.385 e. The second-order valence-electron chi connectivity index (χ2n) is 5.25. The van der Waals surface area contributed by atoms with E-state index < -0.39 is 0 Å². The second-order valence-corrected chi connectivity index (χ2v) is 5.25. The lowest BCUT2D eigenvalue weighted by atomic mass is 10.3. The van der Waals surface area contributed by atoms with Crippen LogP contribution in [-0.4, -0.2) is 49.6 Å². The van der Waals surface area contributed by atoms with Gasteiger partial charge in [0.15, 0.2) is 5.96 Å². The van der Waals surface area contributed by atoms with Crippen LogP contribution in [-0.2, 0) is 11.2 Å². The van der Waals surface area contributed by atoms with E-state index in [-0.39, 0.29) is 29.8 Å². The molecule has 0 bridgehead atoms. The van der Waals surface area contributed by atoms with Crippen molar-refractivity contribution in [2.24, 2.45) is 4.99 Å². The van der Waals surface area contributed by atoms with Gasteiger partial charge in [-0.15, -0.1) is 24.0 Å². The molecule has 1 aromatic carbocycles. The number of benzene rings is 1. The number of rotatable bonds is 8. The summed E-state index contributed by atoms with van der Waals surface area (Å²) in [7, 11) is 3.44. The minimum absolute atomic E-state index is 0. The van der Waals surface area contributed by atoms with Gasteiger partial charge in [-0.05, 0) is 36.8 Å². The molecular weight excluding hydrogens is 436 g/mol. The molecule has 8 heteroatoms. The van der Waals surface area contributed by atoms with E-state index in [2.05, 4.69) is 20.7 Å². The van der Waals surface area contributed by atoms with Gasteiger partial charge in [-0.25, -0.2) is 9.07 Å². The molecule has 2 aromatic rings. The summed E-state index contributed by atoms with van der Waals surface area (Å²) in [4.78, 5) is 4.17. The standard InChI is InChI=1S/C17H24FN5O.HI/c1-19-17(20-10-3-13-24-2)21-11-8-15-9-12-23(22-15)16-6-4-14(18)5-7-16;/h4-7,9,12H,3,8,10-11,13H2,1-2H3,(H2,19,20,21);1H. The highest BCUT2D eigenvalue weighted by atomic mass is 127. The Hall–Kier alpha value is -1.68. The van der Waals surface area contributed by atoms with Gasteiger partial charge in [-0.3, -0.25) is 4.99 Å². The van der Waals surface area contributed by atoms with E-state index in [9.17, 15) is 4.39 Å². The average molecular weight is 461 g/mol. The molecule has 0 radical (unpaired) electrons. The van der Waals surface area contributed by atoms with Crippen molar-refractivity contribution in [2.75, 3.05) is 33.9 Å². The predicted octanol–water partition coefficient (Wildman–Crippen LogP) is 2.37. The summed E-state index contributed by atoms with van der Waals surface area (Å²) >= 11 is 0. The topological polar surface area (TPSA) is 63.5 Å². The third-order valence-corrected chi connectivity index (χ3v) is 3.45. The number of nitrogens with zero attached hydrogens (tertiary/aromatic N) is 3. The van der Waals surface area contributed by atoms with Crippen LogP contribution in [0.3, 0.4) is 0 Å². The van der Waals surface area contributed by atoms with Gasteiger partial charge in [0.25, 0.3) is 0 Å². The molecule has 1 heterocycles. The third-order valence-electron chi connectivity index (χ3n) is 3.45. The highest BCUT2D eigenvalue weighted by Gasteiger charge is 2.03. The number of hydrogen-bond donors (Lipinski definition) is 2. The summed E-state index contributed by atoms with van der Waals surface area (Å²) < 4.78 is 19.7. The molecule has 2 N–H and O–H groups in total. The van der Waals surface area contributed by atoms with Gasteiger partial charge >= 0.3 is 0 Å². The molecule has 0 atom stereocenters. The number of ether oxygens (including phenoxy) is 1. The fourth-order valence-corrected chi connectivity index (χ4v) is 2.19. The number of aliphatic imine (C=N–C) groups is 1. The van der Waals surface area contributed by atoms with Gasteiger partial charge in [0.2, 0.25) is 0 Å². The molecular formula is C17H25FIN5O. The number of aromatic nitrogens is 2. The van der Waals surface area contributed by atoms with Crippen molar-refractivity contribution < 1.29 is 9.13 Å². The van der Waals surface area contributed by atoms with Gasteiger partial charge in [0, 0.05) is 46.5 Å². The van der Waals surface area contributed by atoms with Gasteiger partial charge < -0.3 is 15.4 Å². The zero-order valence-corrected chi connectivity index (χ0v) is 16.9. The van der Waals surface area contributed by atoms with Gasteiger partial charge in [-0.1, -0.05) is 0 Å². The Balaban J connectivity index is 0.00000312. The van der Waals surface area contributed by atoms with Crippen molar-refractivity contribution in [3.8, 4) is 5.69 Å². The Bertz CT molecular complexity index is 645. The van der Waals surface area contributed by atoms with Crippen LogP contribution >= 0.6 is 24.0 Å². The first-order valence-electron chi connectivity index (χ1n) is 7.97. The van der Waals surface area contributed by atoms with Crippen LogP contribution in [0.1, 0.15) is 12.1 Å². The first-order valence-corrected chi connectivity index (χ1v) is 7.97. The second kappa shape index (κ2) is 11.8. The molecule has 25 heavy (non-hydrogen) atoms. The lowest BCUT2D eigenvalue weighted by Gasteiger charge is -2.11. The first-order chi connectivity index (χ1) is 11.7. The molecule has 0 unspecified atom stereocenters. The lowest BCUT2D eigenvalue weighted by Crippen LogP contribution is -2.39. The van der Waals surface area contributed by atoms with Crippen molar-refractivity contribution in [1.29, 1.82) is 0 Å². The quantitative estimate of drug-likeness (QED) is 0.274. The molecule has 0 aliphatic carbocycles. The number of halogens is 2. The van der Waals surface area contributed by atoms with Gasteiger partial charge in [0.05, 0.1) is 11.4 Å². The maximum absolute atomic E-state index is 13.0. The van der Waals surface area contributed by atoms with E-state index in [1.54, 1.807) is 31.0 Å². The number of methoxy groups -OCH3 is 1. The molecule has 0 amide bonds. The van der Waals surface area contributed by atoms with Gasteiger partial charge in [0.1, 0.15) is 5.82 Å². The van der Waals surface area contributed by atoms with E-state index in [0.29, 0.717) is 0 Å². The fourth-order valence-electron chi connectivity index (χ4n) is 2.19. The smallest absolute Gasteiger partial charge is 0.190 e. The van der Waals surface area contributed by atoms with Crippen molar-refractivity contribution in [2.45, 2.75) is 12.8 Å². The maximum Gasteiger partial charge on any atom is 0.190 e. The van der Waals surface area contributed by atoms with Crippen LogP contribution in [0.4, 0.5) is 4.39 Å². The molecule has 1 aromatic heterocycles. The van der Waals surface area contributed by atoms with Crippen LogP contribution in [0, 0.1) is 5.82 Å². The third kappa shape index (κ3) is 7.39. The largest absolute Gasteiger partial charge is 0.385 e. The summed E-state index contributed by atoms with van der Waals surface area (Å²) in [5.74, 6) is 0.517. The van der Waals surface area contributed by atoms with E-state index in [1.807, 2.05) is 12.3 Å². The Morgan fingerprint density at radius 1 is 1.20 bits per heavy atom. The van der Waals surface area contributed by atoms with Crippen molar-refractivity contribution >= 4 is 29.9 Å². The summed E-state index contributed by atoms with van der Waals surface area (Å²) in [6.07, 6.45) is 3.58. The Morgan fingerprint density at radius 3 is 2.60 bits per heavy atom. The van der Waals surface area contributed by atoms with Crippen molar-refractivity contribution in [3.05, 3.63) is 48.0 Å². The molecule has 0 aliphatic heterocycles. The first kappa shape index (κ1) is 21.4. The zero-order chi connectivity index (χ0) is 17.2. The Labute approximate surface area is 164 Å². The lowest BCUT2D eigenvalue weighted by molar-refractivity contribution is 0.195. The molecule has 2 rings (SSSR count). The molecule has 0 spiro atoms. The molecule has 0 saturated carbocycles. The van der Waals surface area contributed by atoms with Crippen LogP contribution in [0.2, 0.25) is 0 Å². The summed E-state index contributed by atoms with van der Waals surface area (Å²) in [5.41, 5.74) is 1.80.